The van der Waals surface area contributed by atoms with Crippen LogP contribution in [0.2, 0.25) is 0 Å². The van der Waals surface area contributed by atoms with E-state index in [4.69, 9.17) is 4.74 Å². The second-order valence-electron chi connectivity index (χ2n) is 6.54. The minimum atomic E-state index is -3.52. The predicted octanol–water partition coefficient (Wildman–Crippen LogP) is 2.23. The summed E-state index contributed by atoms with van der Waals surface area (Å²) in [6.07, 6.45) is 0. The van der Waals surface area contributed by atoms with Crippen molar-refractivity contribution < 1.29 is 22.7 Å². The van der Waals surface area contributed by atoms with Crippen molar-refractivity contribution in [3.05, 3.63) is 59.2 Å². The van der Waals surface area contributed by atoms with Gasteiger partial charge >= 0.3 is 5.97 Å². The smallest absolute Gasteiger partial charge is 0.337 e. The van der Waals surface area contributed by atoms with Crippen LogP contribution >= 0.6 is 0 Å². The molecule has 0 aliphatic heterocycles. The first-order valence-corrected chi connectivity index (χ1v) is 10.6. The quantitative estimate of drug-likeness (QED) is 0.636. The minimum Gasteiger partial charge on any atom is -0.465 e. The van der Waals surface area contributed by atoms with Crippen LogP contribution in [0.3, 0.4) is 0 Å². The number of ether oxygens (including phenoxy) is 1. The van der Waals surface area contributed by atoms with Gasteiger partial charge in [-0.25, -0.2) is 13.2 Å². The Labute approximate surface area is 170 Å². The van der Waals surface area contributed by atoms with E-state index in [-0.39, 0.29) is 29.5 Å². The lowest BCUT2D eigenvalue weighted by atomic mass is 10.1. The highest BCUT2D eigenvalue weighted by Gasteiger charge is 2.14. The molecule has 2 aromatic carbocycles. The lowest BCUT2D eigenvalue weighted by molar-refractivity contribution is 0.0600. The Morgan fingerprint density at radius 3 is 2.41 bits per heavy atom. The number of nitrogens with one attached hydrogen (secondary N) is 2. The first kappa shape index (κ1) is 22.2. The van der Waals surface area contributed by atoms with Gasteiger partial charge in [0, 0.05) is 37.6 Å². The standard InChI is InChI=1S/C20H25N3O5S/c1-5-29(26,27)22-17-10-14(9-16(11-17)20(25)28-4)13-21-19(24)15-7-6-8-18(12-15)23(2)3/h6-12,22H,5,13H2,1-4H3,(H,21,24). The molecule has 29 heavy (non-hydrogen) atoms. The van der Waals surface area contributed by atoms with Crippen LogP contribution in [-0.4, -0.2) is 47.3 Å². The van der Waals surface area contributed by atoms with Crippen LogP contribution in [0, 0.1) is 0 Å². The molecule has 2 N–H and O–H groups in total. The fourth-order valence-electron chi connectivity index (χ4n) is 2.55. The van der Waals surface area contributed by atoms with E-state index in [0.717, 1.165) is 5.69 Å². The van der Waals surface area contributed by atoms with Crippen molar-refractivity contribution >= 4 is 33.3 Å². The van der Waals surface area contributed by atoms with E-state index in [1.54, 1.807) is 30.3 Å². The molecule has 0 spiro atoms. The monoisotopic (exact) mass is 419 g/mol. The van der Waals surface area contributed by atoms with E-state index in [1.807, 2.05) is 25.1 Å². The zero-order valence-corrected chi connectivity index (χ0v) is 17.7. The van der Waals surface area contributed by atoms with E-state index in [1.165, 1.54) is 20.1 Å². The van der Waals surface area contributed by atoms with Gasteiger partial charge in [0.05, 0.1) is 18.4 Å². The molecule has 2 aromatic rings. The van der Waals surface area contributed by atoms with Crippen molar-refractivity contribution in [2.24, 2.45) is 0 Å². The summed E-state index contributed by atoms with van der Waals surface area (Å²) in [6.45, 7) is 1.62. The zero-order valence-electron chi connectivity index (χ0n) is 16.9. The molecule has 0 saturated carbocycles. The number of anilines is 2. The Hall–Kier alpha value is -3.07. The van der Waals surface area contributed by atoms with Crippen molar-refractivity contribution in [3.8, 4) is 0 Å². The van der Waals surface area contributed by atoms with Crippen LogP contribution < -0.4 is 14.9 Å². The molecule has 1 amide bonds. The minimum absolute atomic E-state index is 0.107. The molecule has 2 rings (SSSR count). The van der Waals surface area contributed by atoms with Gasteiger partial charge in [0.25, 0.3) is 5.91 Å². The van der Waals surface area contributed by atoms with E-state index < -0.39 is 16.0 Å². The fraction of sp³-hybridized carbons (Fsp3) is 0.300. The lowest BCUT2D eigenvalue weighted by Crippen LogP contribution is -2.23. The number of hydrogen-bond donors (Lipinski definition) is 2. The Bertz CT molecular complexity index is 1000. The molecule has 8 nitrogen and oxygen atoms in total. The van der Waals surface area contributed by atoms with Gasteiger partial charge in [0.15, 0.2) is 0 Å². The number of carbonyl (C=O) groups excluding carboxylic acids is 2. The number of nitrogens with zero attached hydrogens (tertiary/aromatic N) is 1. The van der Waals surface area contributed by atoms with Gasteiger partial charge in [-0.3, -0.25) is 9.52 Å². The number of sulfonamides is 1. The Morgan fingerprint density at radius 2 is 1.79 bits per heavy atom. The summed E-state index contributed by atoms with van der Waals surface area (Å²) in [5, 5.41) is 2.78. The highest BCUT2D eigenvalue weighted by molar-refractivity contribution is 7.92. The third-order valence-corrected chi connectivity index (χ3v) is 5.45. The van der Waals surface area contributed by atoms with Crippen LogP contribution in [0.5, 0.6) is 0 Å². The van der Waals surface area contributed by atoms with Gasteiger partial charge in [-0.2, -0.15) is 0 Å². The topological polar surface area (TPSA) is 105 Å². The summed E-state index contributed by atoms with van der Waals surface area (Å²) in [4.78, 5) is 26.3. The molecule has 156 valence electrons. The van der Waals surface area contributed by atoms with E-state index in [9.17, 15) is 18.0 Å². The van der Waals surface area contributed by atoms with Crippen LogP contribution in [0.15, 0.2) is 42.5 Å². The lowest BCUT2D eigenvalue weighted by Gasteiger charge is -2.14. The molecular weight excluding hydrogens is 394 g/mol. The van der Waals surface area contributed by atoms with Crippen molar-refractivity contribution in [1.29, 1.82) is 0 Å². The maximum atomic E-state index is 12.5. The number of rotatable bonds is 8. The van der Waals surface area contributed by atoms with Crippen LogP contribution in [-0.2, 0) is 21.3 Å². The molecule has 9 heteroatoms. The fourth-order valence-corrected chi connectivity index (χ4v) is 3.17. The maximum absolute atomic E-state index is 12.5. The number of hydrogen-bond acceptors (Lipinski definition) is 6. The number of benzene rings is 2. The van der Waals surface area contributed by atoms with Crippen molar-refractivity contribution in [3.63, 3.8) is 0 Å². The van der Waals surface area contributed by atoms with Crippen molar-refractivity contribution in [2.45, 2.75) is 13.5 Å². The van der Waals surface area contributed by atoms with Gasteiger partial charge in [-0.05, 0) is 48.9 Å². The molecule has 0 radical (unpaired) electrons. The summed E-state index contributed by atoms with van der Waals surface area (Å²) < 4.78 is 30.9. The molecule has 0 aliphatic carbocycles. The SMILES string of the molecule is CCS(=O)(=O)Nc1cc(CNC(=O)c2cccc(N(C)C)c2)cc(C(=O)OC)c1. The molecule has 0 saturated heterocycles. The molecule has 0 aromatic heterocycles. The van der Waals surface area contributed by atoms with Gasteiger partial charge in [-0.1, -0.05) is 6.07 Å². The normalized spacial score (nSPS) is 10.9. The molecule has 0 unspecified atom stereocenters. The van der Waals surface area contributed by atoms with Crippen molar-refractivity contribution in [2.75, 3.05) is 36.6 Å². The summed E-state index contributed by atoms with van der Waals surface area (Å²) >= 11 is 0. The number of esters is 1. The highest BCUT2D eigenvalue weighted by Crippen LogP contribution is 2.18. The summed E-state index contributed by atoms with van der Waals surface area (Å²) in [7, 11) is 1.49. The largest absolute Gasteiger partial charge is 0.465 e. The van der Waals surface area contributed by atoms with E-state index in [2.05, 4.69) is 10.0 Å². The number of methoxy groups -OCH3 is 1. The van der Waals surface area contributed by atoms with Gasteiger partial charge < -0.3 is 15.0 Å². The molecule has 0 fully saturated rings. The third-order valence-electron chi connectivity index (χ3n) is 4.15. The summed E-state index contributed by atoms with van der Waals surface area (Å²) in [5.74, 6) is -0.995. The predicted molar refractivity (Wildman–Crippen MR) is 113 cm³/mol. The molecular formula is C20H25N3O5S. The zero-order chi connectivity index (χ0) is 21.6. The second kappa shape index (κ2) is 9.42. The molecule has 0 aliphatic rings. The molecule has 0 bridgehead atoms. The van der Waals surface area contributed by atoms with E-state index >= 15 is 0 Å². The molecule has 0 heterocycles. The Balaban J connectivity index is 2.23. The van der Waals surface area contributed by atoms with E-state index in [0.29, 0.717) is 11.1 Å². The molecule has 0 atom stereocenters. The average molecular weight is 420 g/mol. The van der Waals surface area contributed by atoms with Gasteiger partial charge in [0.2, 0.25) is 10.0 Å². The summed E-state index contributed by atoms with van der Waals surface area (Å²) in [6, 6.07) is 11.7. The van der Waals surface area contributed by atoms with Crippen molar-refractivity contribution in [1.82, 2.24) is 5.32 Å². The second-order valence-corrected chi connectivity index (χ2v) is 8.55. The Morgan fingerprint density at radius 1 is 1.07 bits per heavy atom. The van der Waals surface area contributed by atoms with Crippen LogP contribution in [0.25, 0.3) is 0 Å². The number of amides is 1. The highest BCUT2D eigenvalue weighted by atomic mass is 32.2. The van der Waals surface area contributed by atoms with Crippen LogP contribution in [0.1, 0.15) is 33.2 Å². The summed E-state index contributed by atoms with van der Waals surface area (Å²) in [5.41, 5.74) is 2.35. The first-order chi connectivity index (χ1) is 13.6. The maximum Gasteiger partial charge on any atom is 0.337 e. The average Bonchev–Trinajstić information content (AvgIpc) is 2.70. The van der Waals surface area contributed by atoms with Gasteiger partial charge in [0.1, 0.15) is 0 Å². The van der Waals surface area contributed by atoms with Gasteiger partial charge in [-0.15, -0.1) is 0 Å². The Kier molecular flexibility index (Phi) is 7.22. The number of carbonyl (C=O) groups is 2. The first-order valence-electron chi connectivity index (χ1n) is 8.93. The third kappa shape index (κ3) is 6.21. The van der Waals surface area contributed by atoms with Crippen LogP contribution in [0.4, 0.5) is 11.4 Å².